The maximum atomic E-state index is 12.4. The normalized spacial score (nSPS) is 18.1. The molecule has 4 rings (SSSR count). The van der Waals surface area contributed by atoms with Gasteiger partial charge in [-0.2, -0.15) is 0 Å². The summed E-state index contributed by atoms with van der Waals surface area (Å²) in [6.45, 7) is 2.54. The minimum absolute atomic E-state index is 0.0323. The number of benzene rings is 1. The molecule has 0 aliphatic heterocycles. The van der Waals surface area contributed by atoms with Gasteiger partial charge in [-0.25, -0.2) is 4.79 Å². The van der Waals surface area contributed by atoms with E-state index in [1.807, 2.05) is 28.8 Å². The van der Waals surface area contributed by atoms with E-state index < -0.39 is 6.03 Å². The first-order valence-electron chi connectivity index (χ1n) is 10.9. The number of furan rings is 1. The van der Waals surface area contributed by atoms with Crippen molar-refractivity contribution in [3.8, 4) is 11.4 Å². The molecule has 0 radical (unpaired) electrons. The van der Waals surface area contributed by atoms with Crippen LogP contribution in [-0.4, -0.2) is 38.5 Å². The van der Waals surface area contributed by atoms with Crippen molar-refractivity contribution < 1.29 is 14.0 Å². The van der Waals surface area contributed by atoms with Crippen molar-refractivity contribution in [2.45, 2.75) is 50.4 Å². The van der Waals surface area contributed by atoms with Gasteiger partial charge >= 0.3 is 6.03 Å². The van der Waals surface area contributed by atoms with Crippen molar-refractivity contribution in [3.63, 3.8) is 0 Å². The molecule has 10 heteroatoms. The van der Waals surface area contributed by atoms with Gasteiger partial charge in [0.2, 0.25) is 5.91 Å². The molecule has 2 heterocycles. The highest BCUT2D eigenvalue weighted by Gasteiger charge is 2.24. The van der Waals surface area contributed by atoms with E-state index >= 15 is 0 Å². The lowest BCUT2D eigenvalue weighted by Crippen LogP contribution is -2.48. The maximum absolute atomic E-state index is 12.4. The van der Waals surface area contributed by atoms with E-state index in [4.69, 9.17) is 16.0 Å². The smallest absolute Gasteiger partial charge is 0.321 e. The molecule has 1 aliphatic carbocycles. The second-order valence-electron chi connectivity index (χ2n) is 8.16. The van der Waals surface area contributed by atoms with Crippen LogP contribution in [0.5, 0.6) is 0 Å². The van der Waals surface area contributed by atoms with Crippen LogP contribution in [0.3, 0.4) is 0 Å². The summed E-state index contributed by atoms with van der Waals surface area (Å²) in [6.07, 6.45) is 5.93. The van der Waals surface area contributed by atoms with E-state index in [0.717, 1.165) is 30.6 Å². The molecule has 33 heavy (non-hydrogen) atoms. The molecule has 3 amide bonds. The molecule has 1 fully saturated rings. The molecule has 2 aromatic heterocycles. The van der Waals surface area contributed by atoms with Gasteiger partial charge in [-0.05, 0) is 55.2 Å². The van der Waals surface area contributed by atoms with Crippen LogP contribution in [0.15, 0.2) is 52.2 Å². The van der Waals surface area contributed by atoms with E-state index in [0.29, 0.717) is 28.5 Å². The highest BCUT2D eigenvalue weighted by Crippen LogP contribution is 2.26. The number of thioether (sulfide) groups is 1. The number of nitrogens with one attached hydrogen (secondary N) is 2. The Labute approximate surface area is 201 Å². The molecule has 2 N–H and O–H groups in total. The lowest BCUT2D eigenvalue weighted by Gasteiger charge is -2.29. The summed E-state index contributed by atoms with van der Waals surface area (Å²) in [5, 5.41) is 15.1. The summed E-state index contributed by atoms with van der Waals surface area (Å²) >= 11 is 7.23. The average molecular weight is 488 g/mol. The number of nitrogens with zero attached hydrogens (tertiary/aromatic N) is 3. The summed E-state index contributed by atoms with van der Waals surface area (Å²) in [5.41, 5.74) is 0.843. The second kappa shape index (κ2) is 10.9. The number of aromatic nitrogens is 3. The van der Waals surface area contributed by atoms with Crippen LogP contribution in [0.1, 0.15) is 38.4 Å². The molecule has 2 unspecified atom stereocenters. The fourth-order valence-corrected chi connectivity index (χ4v) is 4.80. The SMILES string of the molecule is CC1CCCCC1NC(=O)NC(=O)CSc1nnc(-c2ccc(Cl)cc2)n1Cc1ccco1. The van der Waals surface area contributed by atoms with Gasteiger partial charge in [0, 0.05) is 16.6 Å². The van der Waals surface area contributed by atoms with Gasteiger partial charge in [0.15, 0.2) is 11.0 Å². The van der Waals surface area contributed by atoms with Crippen LogP contribution in [-0.2, 0) is 11.3 Å². The van der Waals surface area contributed by atoms with Crippen LogP contribution < -0.4 is 10.6 Å². The lowest BCUT2D eigenvalue weighted by molar-refractivity contribution is -0.117. The molecule has 0 bridgehead atoms. The van der Waals surface area contributed by atoms with Crippen molar-refractivity contribution in [2.75, 3.05) is 5.75 Å². The molecule has 1 aliphatic rings. The van der Waals surface area contributed by atoms with Crippen molar-refractivity contribution in [3.05, 3.63) is 53.4 Å². The Morgan fingerprint density at radius 1 is 1.18 bits per heavy atom. The fraction of sp³-hybridized carbons (Fsp3) is 0.391. The van der Waals surface area contributed by atoms with Crippen LogP contribution in [0.4, 0.5) is 4.79 Å². The van der Waals surface area contributed by atoms with Crippen LogP contribution >= 0.6 is 23.4 Å². The maximum Gasteiger partial charge on any atom is 0.321 e. The first kappa shape index (κ1) is 23.4. The summed E-state index contributed by atoms with van der Waals surface area (Å²) in [6, 6.07) is 10.6. The third kappa shape index (κ3) is 6.17. The van der Waals surface area contributed by atoms with Crippen LogP contribution in [0.2, 0.25) is 5.02 Å². The minimum Gasteiger partial charge on any atom is -0.467 e. The van der Waals surface area contributed by atoms with Gasteiger partial charge in [0.25, 0.3) is 0 Å². The third-order valence-corrected chi connectivity index (χ3v) is 6.95. The molecule has 8 nitrogen and oxygen atoms in total. The van der Waals surface area contributed by atoms with Crippen molar-refractivity contribution in [1.29, 1.82) is 0 Å². The van der Waals surface area contributed by atoms with Crippen LogP contribution in [0, 0.1) is 5.92 Å². The zero-order valence-electron chi connectivity index (χ0n) is 18.3. The Balaban J connectivity index is 1.41. The van der Waals surface area contributed by atoms with Gasteiger partial charge in [-0.15, -0.1) is 10.2 Å². The Kier molecular flexibility index (Phi) is 7.72. The molecule has 1 aromatic carbocycles. The molecule has 0 saturated heterocycles. The molecule has 0 spiro atoms. The first-order chi connectivity index (χ1) is 16.0. The molecule has 2 atom stereocenters. The molecule has 1 saturated carbocycles. The molecular weight excluding hydrogens is 462 g/mol. The Morgan fingerprint density at radius 2 is 1.97 bits per heavy atom. The second-order valence-corrected chi connectivity index (χ2v) is 9.54. The van der Waals surface area contributed by atoms with Crippen LogP contribution in [0.25, 0.3) is 11.4 Å². The number of urea groups is 1. The number of rotatable bonds is 7. The van der Waals surface area contributed by atoms with Crippen molar-refractivity contribution in [1.82, 2.24) is 25.4 Å². The van der Waals surface area contributed by atoms with E-state index in [1.165, 1.54) is 18.2 Å². The van der Waals surface area contributed by atoms with E-state index in [9.17, 15) is 9.59 Å². The molecule has 174 valence electrons. The summed E-state index contributed by atoms with van der Waals surface area (Å²) in [7, 11) is 0. The van der Waals surface area contributed by atoms with Gasteiger partial charge in [-0.3, -0.25) is 14.7 Å². The highest BCUT2D eigenvalue weighted by molar-refractivity contribution is 7.99. The zero-order valence-corrected chi connectivity index (χ0v) is 19.9. The monoisotopic (exact) mass is 487 g/mol. The van der Waals surface area contributed by atoms with Crippen molar-refractivity contribution in [2.24, 2.45) is 5.92 Å². The molecular formula is C23H26ClN5O3S. The number of carbonyl (C=O) groups is 2. The zero-order chi connectivity index (χ0) is 23.2. The number of halogens is 1. The Bertz CT molecular complexity index is 1080. The third-order valence-electron chi connectivity index (χ3n) is 5.73. The number of carbonyl (C=O) groups excluding carboxylic acids is 2. The van der Waals surface area contributed by atoms with E-state index in [2.05, 4.69) is 27.8 Å². The van der Waals surface area contributed by atoms with Gasteiger partial charge in [-0.1, -0.05) is 43.1 Å². The van der Waals surface area contributed by atoms with Crippen molar-refractivity contribution >= 4 is 35.3 Å². The van der Waals surface area contributed by atoms with Gasteiger partial charge in [0.1, 0.15) is 5.76 Å². The Hall–Kier alpha value is -2.78. The Morgan fingerprint density at radius 3 is 2.70 bits per heavy atom. The predicted molar refractivity (Wildman–Crippen MR) is 127 cm³/mol. The first-order valence-corrected chi connectivity index (χ1v) is 12.3. The topological polar surface area (TPSA) is 102 Å². The number of imide groups is 1. The average Bonchev–Trinajstić information content (AvgIpc) is 3.45. The summed E-state index contributed by atoms with van der Waals surface area (Å²) in [5.74, 6) is 1.43. The predicted octanol–water partition coefficient (Wildman–Crippen LogP) is 4.74. The van der Waals surface area contributed by atoms with Gasteiger partial charge in [0.05, 0.1) is 18.6 Å². The standard InChI is InChI=1S/C23H26ClN5O3S/c1-15-5-2-3-7-19(15)25-22(31)26-20(30)14-33-23-28-27-21(16-8-10-17(24)11-9-16)29(23)13-18-6-4-12-32-18/h4,6,8-12,15,19H,2-3,5,7,13-14H2,1H3,(H2,25,26,30,31). The largest absolute Gasteiger partial charge is 0.467 e. The quantitative estimate of drug-likeness (QED) is 0.467. The van der Waals surface area contributed by atoms with Gasteiger partial charge < -0.3 is 9.73 Å². The summed E-state index contributed by atoms with van der Waals surface area (Å²) in [4.78, 5) is 24.7. The number of hydrogen-bond donors (Lipinski definition) is 2. The van der Waals surface area contributed by atoms with E-state index in [-0.39, 0.29) is 17.7 Å². The lowest BCUT2D eigenvalue weighted by atomic mass is 9.86. The number of hydrogen-bond acceptors (Lipinski definition) is 6. The summed E-state index contributed by atoms with van der Waals surface area (Å²) < 4.78 is 7.37. The number of amides is 3. The molecule has 3 aromatic rings. The van der Waals surface area contributed by atoms with E-state index in [1.54, 1.807) is 18.4 Å². The highest BCUT2D eigenvalue weighted by atomic mass is 35.5. The minimum atomic E-state index is -0.446. The fourth-order valence-electron chi connectivity index (χ4n) is 3.94.